The average molecular weight is 536 g/mol. The van der Waals surface area contributed by atoms with Crippen LogP contribution < -0.4 is 8.37 Å². The number of aryl methyl sites for hydroxylation is 2. The van der Waals surface area contributed by atoms with Gasteiger partial charge in [-0.05, 0) is 73.5 Å². The third-order valence-corrected chi connectivity index (χ3v) is 8.40. The van der Waals surface area contributed by atoms with E-state index in [4.69, 9.17) is 8.37 Å². The Balaban J connectivity index is 1.49. The number of hydrogen-bond acceptors (Lipinski definition) is 8. The molecule has 0 radical (unpaired) electrons. The molecule has 0 atom stereocenters. The molecular weight excluding hydrogens is 514 g/mol. The van der Waals surface area contributed by atoms with Crippen molar-refractivity contribution in [2.45, 2.75) is 23.6 Å². The highest BCUT2D eigenvalue weighted by Gasteiger charge is 2.30. The number of oxime groups is 1. The second-order valence-corrected chi connectivity index (χ2v) is 11.7. The van der Waals surface area contributed by atoms with E-state index < -0.39 is 20.2 Å². The molecule has 4 aromatic carbocycles. The van der Waals surface area contributed by atoms with Crippen LogP contribution >= 0.6 is 0 Å². The molecule has 0 aliphatic heterocycles. The Hall–Kier alpha value is -4.15. The summed E-state index contributed by atoms with van der Waals surface area (Å²) in [5.74, 6) is 0.322. The van der Waals surface area contributed by atoms with Gasteiger partial charge in [0.2, 0.25) is 0 Å². The van der Waals surface area contributed by atoms with Gasteiger partial charge in [-0.15, -0.1) is 0 Å². The van der Waals surface area contributed by atoms with Crippen molar-refractivity contribution in [1.82, 2.24) is 0 Å². The van der Waals surface area contributed by atoms with Gasteiger partial charge in [-0.1, -0.05) is 52.7 Å². The van der Waals surface area contributed by atoms with Gasteiger partial charge in [-0.25, -0.2) is 0 Å². The number of benzene rings is 4. The molecule has 4 aromatic rings. The summed E-state index contributed by atoms with van der Waals surface area (Å²) >= 11 is 0. The van der Waals surface area contributed by atoms with Crippen LogP contribution in [0, 0.1) is 13.8 Å². The Labute approximate surface area is 214 Å². The van der Waals surface area contributed by atoms with Crippen LogP contribution in [0.2, 0.25) is 0 Å². The molecule has 0 saturated heterocycles. The van der Waals surface area contributed by atoms with Crippen LogP contribution in [0.5, 0.6) is 11.5 Å². The Morgan fingerprint density at radius 1 is 0.568 bits per heavy atom. The first-order chi connectivity index (χ1) is 17.6. The molecule has 5 rings (SSSR count). The first-order valence-corrected chi connectivity index (χ1v) is 13.9. The second-order valence-electron chi connectivity index (χ2n) is 8.56. The van der Waals surface area contributed by atoms with E-state index in [1.54, 1.807) is 60.7 Å². The molecule has 0 fully saturated rings. The number of rotatable bonds is 6. The molecule has 1 aliphatic carbocycles. The molecular formula is C27H21NO7S2. The van der Waals surface area contributed by atoms with Gasteiger partial charge >= 0.3 is 20.2 Å². The molecule has 0 aromatic heterocycles. The summed E-state index contributed by atoms with van der Waals surface area (Å²) in [6.45, 7) is 3.75. The van der Waals surface area contributed by atoms with E-state index in [-0.39, 0.29) is 27.0 Å². The molecule has 1 N–H and O–H groups in total. The predicted molar refractivity (Wildman–Crippen MR) is 137 cm³/mol. The summed E-state index contributed by atoms with van der Waals surface area (Å²) in [6, 6.07) is 21.7. The van der Waals surface area contributed by atoms with Gasteiger partial charge < -0.3 is 13.6 Å². The zero-order chi connectivity index (χ0) is 26.4. The van der Waals surface area contributed by atoms with E-state index in [9.17, 15) is 22.0 Å². The molecule has 0 heterocycles. The normalized spacial score (nSPS) is 12.5. The summed E-state index contributed by atoms with van der Waals surface area (Å²) in [7, 11) is -8.38. The maximum Gasteiger partial charge on any atom is 0.339 e. The predicted octanol–water partition coefficient (Wildman–Crippen LogP) is 5.05. The van der Waals surface area contributed by atoms with E-state index in [2.05, 4.69) is 5.16 Å². The molecule has 0 spiro atoms. The highest BCUT2D eigenvalue weighted by atomic mass is 32.2. The average Bonchev–Trinajstić information content (AvgIpc) is 3.19. The minimum absolute atomic E-state index is 0.0322. The van der Waals surface area contributed by atoms with Crippen molar-refractivity contribution in [2.75, 3.05) is 0 Å². The minimum atomic E-state index is -4.19. The van der Waals surface area contributed by atoms with Crippen LogP contribution in [0.25, 0.3) is 11.1 Å². The molecule has 0 unspecified atom stereocenters. The van der Waals surface area contributed by atoms with E-state index in [1.807, 2.05) is 13.8 Å². The molecule has 188 valence electrons. The largest absolute Gasteiger partial charge is 0.410 e. The van der Waals surface area contributed by atoms with Crippen molar-refractivity contribution in [3.05, 3.63) is 107 Å². The van der Waals surface area contributed by atoms with Crippen molar-refractivity contribution >= 4 is 25.9 Å². The van der Waals surface area contributed by atoms with Gasteiger partial charge in [-0.3, -0.25) is 0 Å². The molecule has 8 nitrogen and oxygen atoms in total. The molecule has 0 amide bonds. The lowest BCUT2D eigenvalue weighted by Crippen LogP contribution is -2.11. The molecule has 0 bridgehead atoms. The van der Waals surface area contributed by atoms with Gasteiger partial charge in [0.1, 0.15) is 27.0 Å². The van der Waals surface area contributed by atoms with Crippen LogP contribution in [0.4, 0.5) is 0 Å². The smallest absolute Gasteiger partial charge is 0.339 e. The Bertz CT molecular complexity index is 1630. The van der Waals surface area contributed by atoms with Gasteiger partial charge in [-0.2, -0.15) is 16.8 Å². The summed E-state index contributed by atoms with van der Waals surface area (Å²) in [5, 5.41) is 13.1. The summed E-state index contributed by atoms with van der Waals surface area (Å²) in [5.41, 5.74) is 3.75. The third kappa shape index (κ3) is 4.68. The van der Waals surface area contributed by atoms with Crippen LogP contribution in [0.3, 0.4) is 0 Å². The van der Waals surface area contributed by atoms with Crippen molar-refractivity contribution < 1.29 is 30.4 Å². The summed E-state index contributed by atoms with van der Waals surface area (Å²) in [4.78, 5) is -0.285. The molecule has 0 saturated carbocycles. The zero-order valence-corrected chi connectivity index (χ0v) is 21.4. The maximum atomic E-state index is 12.9. The fraction of sp³-hybridized carbons (Fsp3) is 0.0741. The standard InChI is InChI=1S/C27H21NO7S2/c1-17-3-7-19(8-4-17)34-36(30,31)21-11-13-23-24-14-12-22(16-26(24)27(28-29)25(23)15-21)37(32,33)35-20-9-5-18(2)6-10-20/h3-16,29H,1-2H3. The SMILES string of the molecule is Cc1ccc(OS(=O)(=O)c2ccc3c(c2)C(=NO)c2cc(S(=O)(=O)Oc4ccc(C)cc4)ccc2-3)cc1. The Kier molecular flexibility index (Phi) is 6.01. The second kappa shape index (κ2) is 9.06. The highest BCUT2D eigenvalue weighted by molar-refractivity contribution is 7.87. The monoisotopic (exact) mass is 535 g/mol. The van der Waals surface area contributed by atoms with Crippen LogP contribution in [0.15, 0.2) is 99.9 Å². The molecule has 1 aliphatic rings. The lowest BCUT2D eigenvalue weighted by Gasteiger charge is -2.09. The lowest BCUT2D eigenvalue weighted by molar-refractivity contribution is 0.320. The zero-order valence-electron chi connectivity index (χ0n) is 19.7. The van der Waals surface area contributed by atoms with Gasteiger partial charge in [0.05, 0.1) is 0 Å². The minimum Gasteiger partial charge on any atom is -0.410 e. The molecule has 37 heavy (non-hydrogen) atoms. The summed E-state index contributed by atoms with van der Waals surface area (Å²) in [6.07, 6.45) is 0. The fourth-order valence-electron chi connectivity index (χ4n) is 4.01. The van der Waals surface area contributed by atoms with Crippen molar-refractivity contribution in [3.63, 3.8) is 0 Å². The number of fused-ring (bicyclic) bond motifs is 3. The Morgan fingerprint density at radius 2 is 0.946 bits per heavy atom. The van der Waals surface area contributed by atoms with Crippen LogP contribution in [-0.2, 0) is 20.2 Å². The first kappa shape index (κ1) is 24.5. The Morgan fingerprint density at radius 3 is 1.30 bits per heavy atom. The van der Waals surface area contributed by atoms with E-state index in [1.165, 1.54) is 24.3 Å². The van der Waals surface area contributed by atoms with Crippen LogP contribution in [0.1, 0.15) is 22.3 Å². The number of nitrogens with zero attached hydrogens (tertiary/aromatic N) is 1. The number of hydrogen-bond donors (Lipinski definition) is 1. The first-order valence-electron chi connectivity index (χ1n) is 11.1. The van der Waals surface area contributed by atoms with Crippen LogP contribution in [-0.4, -0.2) is 27.8 Å². The third-order valence-electron chi connectivity index (χ3n) is 5.91. The van der Waals surface area contributed by atoms with E-state index >= 15 is 0 Å². The van der Waals surface area contributed by atoms with Crippen molar-refractivity contribution in [1.29, 1.82) is 0 Å². The van der Waals surface area contributed by atoms with E-state index in [0.717, 1.165) is 11.1 Å². The van der Waals surface area contributed by atoms with Crippen molar-refractivity contribution in [3.8, 4) is 22.6 Å². The van der Waals surface area contributed by atoms with Gasteiger partial charge in [0, 0.05) is 11.1 Å². The quantitative estimate of drug-likeness (QED) is 0.184. The van der Waals surface area contributed by atoms with E-state index in [0.29, 0.717) is 22.3 Å². The van der Waals surface area contributed by atoms with Gasteiger partial charge in [0.25, 0.3) is 0 Å². The van der Waals surface area contributed by atoms with Crippen molar-refractivity contribution in [2.24, 2.45) is 5.16 Å². The highest BCUT2D eigenvalue weighted by Crippen LogP contribution is 2.39. The fourth-order valence-corrected chi connectivity index (χ4v) is 5.92. The lowest BCUT2D eigenvalue weighted by atomic mass is 10.1. The maximum absolute atomic E-state index is 12.9. The topological polar surface area (TPSA) is 119 Å². The summed E-state index contributed by atoms with van der Waals surface area (Å²) < 4.78 is 62.2. The molecule has 10 heteroatoms. The van der Waals surface area contributed by atoms with Gasteiger partial charge in [0.15, 0.2) is 0 Å².